The molecule has 142 valence electrons. The quantitative estimate of drug-likeness (QED) is 0.246. The maximum absolute atomic E-state index is 12.4. The lowest BCUT2D eigenvalue weighted by molar-refractivity contribution is -0.384. The highest BCUT2D eigenvalue weighted by Crippen LogP contribution is 2.24. The molecule has 2 amide bonds. The summed E-state index contributed by atoms with van der Waals surface area (Å²) in [6.45, 7) is 0.713. The molecule has 0 fully saturated rings. The Morgan fingerprint density at radius 2 is 1.57 bits per heavy atom. The van der Waals surface area contributed by atoms with Crippen LogP contribution in [-0.4, -0.2) is 46.0 Å². The Hall–Kier alpha value is -3.88. The minimum atomic E-state index is -1.21. The van der Waals surface area contributed by atoms with Crippen molar-refractivity contribution in [2.24, 2.45) is 0 Å². The van der Waals surface area contributed by atoms with E-state index in [2.05, 4.69) is 0 Å². The number of carbonyl (C=O) groups is 4. The van der Waals surface area contributed by atoms with Gasteiger partial charge in [0.25, 0.3) is 17.5 Å². The summed E-state index contributed by atoms with van der Waals surface area (Å²) in [4.78, 5) is 59.9. The summed E-state index contributed by atoms with van der Waals surface area (Å²) >= 11 is 0. The highest BCUT2D eigenvalue weighted by molar-refractivity contribution is 6.22. The largest absolute Gasteiger partial charge is 0.456 e. The van der Waals surface area contributed by atoms with Gasteiger partial charge in [-0.3, -0.25) is 29.4 Å². The van der Waals surface area contributed by atoms with Crippen molar-refractivity contribution >= 4 is 29.3 Å². The fraction of sp³-hybridized carbons (Fsp3) is 0.158. The van der Waals surface area contributed by atoms with Gasteiger partial charge in [-0.1, -0.05) is 12.1 Å². The molecule has 28 heavy (non-hydrogen) atoms. The molecule has 2 aromatic rings. The zero-order valence-corrected chi connectivity index (χ0v) is 14.7. The SMILES string of the molecule is CC(C(=O)OCC(=O)c1ccc([N+](=O)[O-])cc1)N1C(=O)c2ccccc2C1=O. The van der Waals surface area contributed by atoms with Gasteiger partial charge in [-0.25, -0.2) is 4.79 Å². The van der Waals surface area contributed by atoms with Crippen molar-refractivity contribution in [3.63, 3.8) is 0 Å². The smallest absolute Gasteiger partial charge is 0.329 e. The van der Waals surface area contributed by atoms with Crippen LogP contribution < -0.4 is 0 Å². The van der Waals surface area contributed by atoms with Crippen LogP contribution in [0, 0.1) is 10.1 Å². The van der Waals surface area contributed by atoms with Crippen LogP contribution in [-0.2, 0) is 9.53 Å². The summed E-state index contributed by atoms with van der Waals surface area (Å²) in [5.74, 6) is -2.69. The van der Waals surface area contributed by atoms with E-state index in [1.807, 2.05) is 0 Å². The standard InChI is InChI=1S/C19H14N2O7/c1-11(20-17(23)14-4-2-3-5-15(14)18(20)24)19(25)28-10-16(22)12-6-8-13(9-7-12)21(26)27/h2-9,11H,10H2,1H3. The molecule has 1 aliphatic heterocycles. The van der Waals surface area contributed by atoms with E-state index in [-0.39, 0.29) is 22.4 Å². The number of esters is 1. The van der Waals surface area contributed by atoms with Crippen molar-refractivity contribution in [3.05, 3.63) is 75.3 Å². The molecule has 3 rings (SSSR count). The Bertz CT molecular complexity index is 963. The third-order valence-electron chi connectivity index (χ3n) is 4.30. The first-order valence-corrected chi connectivity index (χ1v) is 8.22. The van der Waals surface area contributed by atoms with Crippen molar-refractivity contribution in [2.75, 3.05) is 6.61 Å². The number of ether oxygens (including phenoxy) is 1. The molecular weight excluding hydrogens is 368 g/mol. The van der Waals surface area contributed by atoms with E-state index < -0.39 is 41.1 Å². The first kappa shape index (κ1) is 18.9. The van der Waals surface area contributed by atoms with Crippen LogP contribution >= 0.6 is 0 Å². The molecule has 9 heteroatoms. The number of amides is 2. The van der Waals surface area contributed by atoms with Crippen LogP contribution in [0.15, 0.2) is 48.5 Å². The number of carbonyl (C=O) groups excluding carboxylic acids is 4. The second kappa shape index (κ2) is 7.39. The summed E-state index contributed by atoms with van der Waals surface area (Å²) in [5, 5.41) is 10.6. The maximum atomic E-state index is 12.4. The maximum Gasteiger partial charge on any atom is 0.329 e. The molecule has 0 saturated heterocycles. The molecular formula is C19H14N2O7. The number of nitro groups is 1. The van der Waals surface area contributed by atoms with Crippen molar-refractivity contribution in [2.45, 2.75) is 13.0 Å². The average Bonchev–Trinajstić information content (AvgIpc) is 2.96. The fourth-order valence-corrected chi connectivity index (χ4v) is 2.77. The van der Waals surface area contributed by atoms with E-state index in [1.54, 1.807) is 12.1 Å². The van der Waals surface area contributed by atoms with Crippen LogP contribution in [0.5, 0.6) is 0 Å². The van der Waals surface area contributed by atoms with Gasteiger partial charge in [-0.15, -0.1) is 0 Å². The van der Waals surface area contributed by atoms with Gasteiger partial charge in [0.1, 0.15) is 6.04 Å². The monoisotopic (exact) mass is 382 g/mol. The lowest BCUT2D eigenvalue weighted by Crippen LogP contribution is -2.44. The number of imide groups is 1. The third-order valence-corrected chi connectivity index (χ3v) is 4.30. The van der Waals surface area contributed by atoms with Crippen LogP contribution in [0.25, 0.3) is 0 Å². The van der Waals surface area contributed by atoms with E-state index in [1.165, 1.54) is 31.2 Å². The number of nitrogens with zero attached hydrogens (tertiary/aromatic N) is 2. The van der Waals surface area contributed by atoms with Crippen molar-refractivity contribution in [1.29, 1.82) is 0 Å². The minimum absolute atomic E-state index is 0.131. The number of hydrogen-bond donors (Lipinski definition) is 0. The summed E-state index contributed by atoms with van der Waals surface area (Å²) in [5.41, 5.74) is 0.364. The Morgan fingerprint density at radius 3 is 2.07 bits per heavy atom. The highest BCUT2D eigenvalue weighted by Gasteiger charge is 2.41. The molecule has 0 bridgehead atoms. The van der Waals surface area contributed by atoms with E-state index in [0.29, 0.717) is 0 Å². The van der Waals surface area contributed by atoms with E-state index in [4.69, 9.17) is 4.74 Å². The zero-order chi connectivity index (χ0) is 20.4. The lowest BCUT2D eigenvalue weighted by atomic mass is 10.1. The normalized spacial score (nSPS) is 13.8. The second-order valence-electron chi connectivity index (χ2n) is 6.04. The van der Waals surface area contributed by atoms with Crippen molar-refractivity contribution in [1.82, 2.24) is 4.90 Å². The van der Waals surface area contributed by atoms with Crippen molar-refractivity contribution < 1.29 is 28.8 Å². The number of ketones is 1. The fourth-order valence-electron chi connectivity index (χ4n) is 2.77. The molecule has 2 aromatic carbocycles. The number of benzene rings is 2. The molecule has 1 unspecified atom stereocenters. The number of nitro benzene ring substituents is 1. The van der Waals surface area contributed by atoms with E-state index in [0.717, 1.165) is 17.0 Å². The number of non-ortho nitro benzene ring substituents is 1. The second-order valence-corrected chi connectivity index (χ2v) is 6.04. The van der Waals surface area contributed by atoms with Gasteiger partial charge in [0.05, 0.1) is 16.1 Å². The van der Waals surface area contributed by atoms with E-state index >= 15 is 0 Å². The van der Waals surface area contributed by atoms with Crippen LogP contribution in [0.3, 0.4) is 0 Å². The lowest BCUT2D eigenvalue weighted by Gasteiger charge is -2.20. The predicted octanol–water partition coefficient (Wildman–Crippen LogP) is 2.01. The Kier molecular flexibility index (Phi) is 4.99. The van der Waals surface area contributed by atoms with Gasteiger partial charge in [-0.2, -0.15) is 0 Å². The van der Waals surface area contributed by atoms with Gasteiger partial charge < -0.3 is 4.74 Å². The van der Waals surface area contributed by atoms with Gasteiger partial charge in [0.2, 0.25) is 0 Å². The van der Waals surface area contributed by atoms with E-state index in [9.17, 15) is 29.3 Å². The topological polar surface area (TPSA) is 124 Å². The van der Waals surface area contributed by atoms with Gasteiger partial charge in [0.15, 0.2) is 12.4 Å². The summed E-state index contributed by atoms with van der Waals surface area (Å²) in [7, 11) is 0. The molecule has 9 nitrogen and oxygen atoms in total. The number of hydrogen-bond acceptors (Lipinski definition) is 7. The first-order valence-electron chi connectivity index (χ1n) is 8.22. The molecule has 0 radical (unpaired) electrons. The summed E-state index contributed by atoms with van der Waals surface area (Å²) < 4.78 is 4.94. The van der Waals surface area contributed by atoms with Crippen LogP contribution in [0.4, 0.5) is 5.69 Å². The molecule has 1 aliphatic rings. The van der Waals surface area contributed by atoms with Gasteiger partial charge >= 0.3 is 5.97 Å². The van der Waals surface area contributed by atoms with Gasteiger partial charge in [0, 0.05) is 17.7 Å². The molecule has 0 N–H and O–H groups in total. The van der Waals surface area contributed by atoms with Crippen LogP contribution in [0.2, 0.25) is 0 Å². The van der Waals surface area contributed by atoms with Gasteiger partial charge in [-0.05, 0) is 31.2 Å². The molecule has 0 spiro atoms. The molecule has 0 aromatic heterocycles. The summed E-state index contributed by atoms with van der Waals surface area (Å²) in [6.07, 6.45) is 0. The Morgan fingerprint density at radius 1 is 1.04 bits per heavy atom. The predicted molar refractivity (Wildman–Crippen MR) is 94.8 cm³/mol. The summed E-state index contributed by atoms with van der Waals surface area (Å²) in [6, 6.07) is 9.82. The van der Waals surface area contributed by atoms with Crippen molar-refractivity contribution in [3.8, 4) is 0 Å². The third kappa shape index (κ3) is 3.37. The molecule has 0 aliphatic carbocycles. The minimum Gasteiger partial charge on any atom is -0.456 e. The first-order chi connectivity index (χ1) is 13.3. The number of fused-ring (bicyclic) bond motifs is 1. The Labute approximate surface area is 158 Å². The number of rotatable bonds is 6. The van der Waals surface area contributed by atoms with Crippen LogP contribution in [0.1, 0.15) is 38.0 Å². The Balaban J connectivity index is 1.63. The highest BCUT2D eigenvalue weighted by atomic mass is 16.6. The molecule has 0 saturated carbocycles. The average molecular weight is 382 g/mol. The molecule has 1 heterocycles. The zero-order valence-electron chi connectivity index (χ0n) is 14.7. The number of Topliss-reactive ketones (excluding diaryl/α,β-unsaturated/α-hetero) is 1. The molecule has 1 atom stereocenters.